The number of aliphatic hydroxyl groups excluding tert-OH is 1. The molecule has 1 N–H and O–H groups in total. The number of sulfonamides is 1. The number of β-amino-alcohol motifs (C(OH)–C–C–N with tert-alkyl or cyclic N) is 1. The van der Waals surface area contributed by atoms with Crippen LogP contribution in [0.4, 0.5) is 5.69 Å². The molecular formula is C19H21Cl2N3O6S. The molecule has 9 nitrogen and oxygen atoms in total. The van der Waals surface area contributed by atoms with Crippen molar-refractivity contribution in [3.05, 3.63) is 62.6 Å². The lowest BCUT2D eigenvalue weighted by Gasteiger charge is -2.34. The number of halogens is 2. The predicted octanol–water partition coefficient (Wildman–Crippen LogP) is 2.65. The van der Waals surface area contributed by atoms with E-state index >= 15 is 0 Å². The van der Waals surface area contributed by atoms with Crippen molar-refractivity contribution in [1.82, 2.24) is 9.21 Å². The number of nitro groups is 1. The van der Waals surface area contributed by atoms with Gasteiger partial charge in [-0.15, -0.1) is 0 Å². The Labute approximate surface area is 189 Å². The Bertz CT molecular complexity index is 1020. The number of para-hydroxylation sites is 1. The lowest BCUT2D eigenvalue weighted by Crippen LogP contribution is -2.50. The minimum absolute atomic E-state index is 0.0182. The normalized spacial score (nSPS) is 16.7. The maximum absolute atomic E-state index is 12.8. The van der Waals surface area contributed by atoms with Crippen molar-refractivity contribution in [1.29, 1.82) is 0 Å². The van der Waals surface area contributed by atoms with Gasteiger partial charge in [-0.05, 0) is 18.2 Å². The first-order valence-electron chi connectivity index (χ1n) is 9.40. The summed E-state index contributed by atoms with van der Waals surface area (Å²) in [6, 6.07) is 9.96. The summed E-state index contributed by atoms with van der Waals surface area (Å²) < 4.78 is 32.4. The van der Waals surface area contributed by atoms with Crippen molar-refractivity contribution < 1.29 is 23.2 Å². The Kier molecular flexibility index (Phi) is 7.73. The fourth-order valence-corrected chi connectivity index (χ4v) is 5.18. The van der Waals surface area contributed by atoms with Gasteiger partial charge in [-0.2, -0.15) is 4.31 Å². The molecule has 3 rings (SSSR count). The van der Waals surface area contributed by atoms with Crippen LogP contribution in [0, 0.1) is 10.1 Å². The van der Waals surface area contributed by atoms with Crippen LogP contribution in [-0.2, 0) is 10.0 Å². The zero-order valence-electron chi connectivity index (χ0n) is 16.4. The van der Waals surface area contributed by atoms with Gasteiger partial charge in [0, 0.05) is 44.9 Å². The minimum atomic E-state index is -3.84. The molecule has 0 aromatic heterocycles. The first-order chi connectivity index (χ1) is 14.7. The molecular weight excluding hydrogens is 469 g/mol. The monoisotopic (exact) mass is 489 g/mol. The molecule has 31 heavy (non-hydrogen) atoms. The maximum atomic E-state index is 12.8. The Morgan fingerprint density at radius 3 is 2.32 bits per heavy atom. The van der Waals surface area contributed by atoms with Crippen LogP contribution in [0.1, 0.15) is 0 Å². The molecule has 0 radical (unpaired) electrons. The van der Waals surface area contributed by atoms with Gasteiger partial charge in [0.1, 0.15) is 12.7 Å². The standard InChI is InChI=1S/C19H21Cl2N3O6S/c20-17-5-2-6-18(21)19(17)30-13-15(25)12-22-7-9-23(10-8-22)31(28,29)16-4-1-3-14(11-16)24(26)27/h1-6,11,15,25H,7-10,12-13H2. The second kappa shape index (κ2) is 10.1. The molecule has 168 valence electrons. The molecule has 0 saturated carbocycles. The quantitative estimate of drug-likeness (QED) is 0.447. The number of rotatable bonds is 8. The molecule has 1 fully saturated rings. The first kappa shape index (κ1) is 23.7. The number of aliphatic hydroxyl groups is 1. The third-order valence-electron chi connectivity index (χ3n) is 4.81. The van der Waals surface area contributed by atoms with Gasteiger partial charge in [0.25, 0.3) is 5.69 Å². The Morgan fingerprint density at radius 1 is 1.10 bits per heavy atom. The first-order valence-corrected chi connectivity index (χ1v) is 11.6. The highest BCUT2D eigenvalue weighted by molar-refractivity contribution is 7.89. The topological polar surface area (TPSA) is 113 Å². The van der Waals surface area contributed by atoms with Crippen LogP contribution < -0.4 is 4.74 Å². The van der Waals surface area contributed by atoms with Gasteiger partial charge in [0.05, 0.1) is 19.9 Å². The summed E-state index contributed by atoms with van der Waals surface area (Å²) >= 11 is 12.1. The van der Waals surface area contributed by atoms with E-state index in [0.717, 1.165) is 6.07 Å². The number of hydrogen-bond acceptors (Lipinski definition) is 7. The molecule has 2 aromatic rings. The van der Waals surface area contributed by atoms with E-state index in [9.17, 15) is 23.6 Å². The number of ether oxygens (including phenoxy) is 1. The lowest BCUT2D eigenvalue weighted by molar-refractivity contribution is -0.385. The third-order valence-corrected chi connectivity index (χ3v) is 7.30. The van der Waals surface area contributed by atoms with Gasteiger partial charge < -0.3 is 9.84 Å². The highest BCUT2D eigenvalue weighted by Gasteiger charge is 2.30. The second-order valence-electron chi connectivity index (χ2n) is 6.97. The highest BCUT2D eigenvalue weighted by Crippen LogP contribution is 2.32. The molecule has 1 aliphatic rings. The average Bonchev–Trinajstić information content (AvgIpc) is 2.74. The van der Waals surface area contributed by atoms with E-state index < -0.39 is 21.1 Å². The smallest absolute Gasteiger partial charge is 0.270 e. The summed E-state index contributed by atoms with van der Waals surface area (Å²) in [6.45, 7) is 1.47. The van der Waals surface area contributed by atoms with Gasteiger partial charge in [-0.3, -0.25) is 15.0 Å². The molecule has 1 heterocycles. The van der Waals surface area contributed by atoms with Gasteiger partial charge in [-0.25, -0.2) is 8.42 Å². The van der Waals surface area contributed by atoms with Crippen LogP contribution in [0.15, 0.2) is 47.4 Å². The zero-order chi connectivity index (χ0) is 22.6. The molecule has 1 atom stereocenters. The van der Waals surface area contributed by atoms with E-state index in [1.54, 1.807) is 18.2 Å². The highest BCUT2D eigenvalue weighted by atomic mass is 35.5. The van der Waals surface area contributed by atoms with Crippen molar-refractivity contribution in [2.24, 2.45) is 0 Å². The fourth-order valence-electron chi connectivity index (χ4n) is 3.21. The number of nitro benzene ring substituents is 1. The summed E-state index contributed by atoms with van der Waals surface area (Å²) in [7, 11) is -3.84. The Morgan fingerprint density at radius 2 is 1.71 bits per heavy atom. The predicted molar refractivity (Wildman–Crippen MR) is 116 cm³/mol. The number of piperazine rings is 1. The van der Waals surface area contributed by atoms with Crippen LogP contribution in [0.5, 0.6) is 5.75 Å². The van der Waals surface area contributed by atoms with Crippen molar-refractivity contribution in [3.8, 4) is 5.75 Å². The molecule has 1 aliphatic heterocycles. The van der Waals surface area contributed by atoms with Gasteiger partial charge >= 0.3 is 0 Å². The molecule has 1 saturated heterocycles. The Balaban J connectivity index is 1.53. The van der Waals surface area contributed by atoms with E-state index in [1.165, 1.54) is 22.5 Å². The molecule has 0 aliphatic carbocycles. The fraction of sp³-hybridized carbons (Fsp3) is 0.368. The summed E-state index contributed by atoms with van der Waals surface area (Å²) in [6.07, 6.45) is -0.827. The van der Waals surface area contributed by atoms with Crippen LogP contribution in [0.2, 0.25) is 10.0 Å². The van der Waals surface area contributed by atoms with Crippen molar-refractivity contribution in [2.75, 3.05) is 39.3 Å². The van der Waals surface area contributed by atoms with Crippen LogP contribution >= 0.6 is 23.2 Å². The van der Waals surface area contributed by atoms with Gasteiger partial charge in [-0.1, -0.05) is 35.3 Å². The Hall–Kier alpha value is -1.95. The van der Waals surface area contributed by atoms with E-state index in [0.29, 0.717) is 28.9 Å². The maximum Gasteiger partial charge on any atom is 0.270 e. The minimum Gasteiger partial charge on any atom is -0.488 e. The number of non-ortho nitro benzene ring substituents is 1. The van der Waals surface area contributed by atoms with Crippen molar-refractivity contribution >= 4 is 38.9 Å². The van der Waals surface area contributed by atoms with E-state index in [1.807, 2.05) is 4.90 Å². The summed E-state index contributed by atoms with van der Waals surface area (Å²) in [5.74, 6) is 0.303. The zero-order valence-corrected chi connectivity index (χ0v) is 18.7. The lowest BCUT2D eigenvalue weighted by atomic mass is 10.3. The largest absolute Gasteiger partial charge is 0.488 e. The number of benzene rings is 2. The number of hydrogen-bond donors (Lipinski definition) is 1. The molecule has 0 amide bonds. The van der Waals surface area contributed by atoms with Gasteiger partial charge in [0.15, 0.2) is 5.75 Å². The van der Waals surface area contributed by atoms with Crippen LogP contribution in [-0.4, -0.2) is 73.1 Å². The van der Waals surface area contributed by atoms with E-state index in [4.69, 9.17) is 27.9 Å². The average molecular weight is 490 g/mol. The SMILES string of the molecule is O=[N+]([O-])c1cccc(S(=O)(=O)N2CCN(CC(O)COc3c(Cl)cccc3Cl)CC2)c1. The van der Waals surface area contributed by atoms with E-state index in [2.05, 4.69) is 0 Å². The third kappa shape index (κ3) is 5.85. The molecule has 12 heteroatoms. The molecule has 0 spiro atoms. The summed E-state index contributed by atoms with van der Waals surface area (Å²) in [4.78, 5) is 12.1. The van der Waals surface area contributed by atoms with Crippen molar-refractivity contribution in [3.63, 3.8) is 0 Å². The van der Waals surface area contributed by atoms with E-state index in [-0.39, 0.29) is 36.8 Å². The molecule has 0 bridgehead atoms. The number of nitrogens with zero attached hydrogens (tertiary/aromatic N) is 3. The molecule has 1 unspecified atom stereocenters. The van der Waals surface area contributed by atoms with Gasteiger partial charge in [0.2, 0.25) is 10.0 Å². The van der Waals surface area contributed by atoms with Crippen molar-refractivity contribution in [2.45, 2.75) is 11.0 Å². The summed E-state index contributed by atoms with van der Waals surface area (Å²) in [5.41, 5.74) is -0.276. The second-order valence-corrected chi connectivity index (χ2v) is 9.73. The van der Waals surface area contributed by atoms with Crippen LogP contribution in [0.3, 0.4) is 0 Å². The summed E-state index contributed by atoms with van der Waals surface area (Å²) in [5, 5.41) is 21.9. The molecule has 2 aromatic carbocycles. The van der Waals surface area contributed by atoms with Crippen LogP contribution in [0.25, 0.3) is 0 Å².